The molecule has 49 heavy (non-hydrogen) atoms. The number of fused-ring (bicyclic) bond motifs is 3. The number of aliphatic imine (C=N–C) groups is 2. The highest BCUT2D eigenvalue weighted by Crippen LogP contribution is 2.36. The summed E-state index contributed by atoms with van der Waals surface area (Å²) >= 11 is 0. The fourth-order valence-corrected chi connectivity index (χ4v) is 6.34. The van der Waals surface area contributed by atoms with Gasteiger partial charge in [-0.05, 0) is 69.3 Å². The van der Waals surface area contributed by atoms with Crippen LogP contribution in [0.4, 0.5) is 0 Å². The first kappa shape index (κ1) is 23.7. The van der Waals surface area contributed by atoms with Crippen LogP contribution >= 0.6 is 0 Å². The van der Waals surface area contributed by atoms with Crippen molar-refractivity contribution in [3.8, 4) is 33.4 Å². The number of furan rings is 1. The third-order valence-electron chi connectivity index (χ3n) is 8.84. The number of nitrogens with zero attached hydrogens (tertiary/aromatic N) is 2. The van der Waals surface area contributed by atoms with Crippen LogP contribution in [-0.2, 0) is 0 Å². The summed E-state index contributed by atoms with van der Waals surface area (Å²) in [5, 5.41) is 5.06. The molecule has 1 unspecified atom stereocenters. The molecular formula is C45H31N3O. The molecule has 0 saturated carbocycles. The monoisotopic (exact) mass is 634 g/mol. The maximum Gasteiger partial charge on any atom is 0.169 e. The predicted molar refractivity (Wildman–Crippen MR) is 202 cm³/mol. The minimum absolute atomic E-state index is 0.0171. The van der Waals surface area contributed by atoms with Crippen LogP contribution < -0.4 is 5.32 Å². The Hall–Kier alpha value is -6.52. The first-order valence-corrected chi connectivity index (χ1v) is 16.1. The van der Waals surface area contributed by atoms with E-state index in [1.807, 2.05) is 97.1 Å². The highest BCUT2D eigenvalue weighted by molar-refractivity contribution is 6.16. The lowest BCUT2D eigenvalue weighted by Gasteiger charge is -2.22. The van der Waals surface area contributed by atoms with Gasteiger partial charge in [-0.2, -0.15) is 0 Å². The zero-order valence-corrected chi connectivity index (χ0v) is 26.2. The summed E-state index contributed by atoms with van der Waals surface area (Å²) in [4.78, 5) is 9.92. The SMILES string of the molecule is [2H]c1c([2H])c([2H])c(C2=NC(c3ccc4oc5ccc(-c6cccc(-c7ccccc7)c6)cc5c4c3)N=C(c3ccc(-c4ccccc4)cc3)N2)c([2H])c1[2H]. The van der Waals surface area contributed by atoms with Gasteiger partial charge in [0.25, 0.3) is 0 Å². The maximum atomic E-state index is 8.72. The molecule has 0 spiro atoms. The molecule has 0 fully saturated rings. The lowest BCUT2D eigenvalue weighted by molar-refractivity contribution is 0.668. The molecular weight excluding hydrogens is 599 g/mol. The van der Waals surface area contributed by atoms with Crippen molar-refractivity contribution in [3.63, 3.8) is 0 Å². The molecule has 0 bridgehead atoms. The van der Waals surface area contributed by atoms with Gasteiger partial charge in [-0.3, -0.25) is 0 Å². The van der Waals surface area contributed by atoms with Crippen LogP contribution in [0.15, 0.2) is 190 Å². The summed E-state index contributed by atoms with van der Waals surface area (Å²) in [7, 11) is 0. The summed E-state index contributed by atoms with van der Waals surface area (Å²) < 4.78 is 48.6. The van der Waals surface area contributed by atoms with Crippen molar-refractivity contribution in [2.24, 2.45) is 9.98 Å². The van der Waals surface area contributed by atoms with Crippen molar-refractivity contribution in [1.82, 2.24) is 5.32 Å². The standard InChI is InChI=1S/C45H31N3O/c1-4-11-30(12-5-1)32-19-21-34(22-20-32)44-46-43(33-15-8-3-9-16-33)47-45(48-44)38-24-26-42-40(29-38)39-28-37(23-25-41(39)49-42)36-18-10-17-35(27-36)31-13-6-2-7-14-31/h1-29,45H,(H,46,47,48)/i3D,8D,9D,15D,16D. The number of nitrogens with one attached hydrogen (secondary N) is 1. The predicted octanol–water partition coefficient (Wildman–Crippen LogP) is 11.1. The number of benzene rings is 7. The molecule has 4 heteroatoms. The number of hydrogen-bond acceptors (Lipinski definition) is 4. The normalized spacial score (nSPS) is 15.8. The number of rotatable bonds is 6. The number of hydrogen-bond donors (Lipinski definition) is 1. The minimum atomic E-state index is -0.789. The molecule has 7 aromatic carbocycles. The Kier molecular flexibility index (Phi) is 5.94. The average Bonchev–Trinajstić information content (AvgIpc) is 3.60. The topological polar surface area (TPSA) is 49.9 Å². The van der Waals surface area contributed by atoms with E-state index in [0.717, 1.165) is 60.9 Å². The molecule has 2 heterocycles. The van der Waals surface area contributed by atoms with Gasteiger partial charge < -0.3 is 9.73 Å². The van der Waals surface area contributed by atoms with Gasteiger partial charge in [0, 0.05) is 21.9 Å². The van der Waals surface area contributed by atoms with Crippen LogP contribution in [0.2, 0.25) is 0 Å². The molecule has 0 saturated heterocycles. The molecule has 1 N–H and O–H groups in total. The van der Waals surface area contributed by atoms with Gasteiger partial charge in [0.2, 0.25) is 0 Å². The molecule has 0 aliphatic carbocycles. The highest BCUT2D eigenvalue weighted by atomic mass is 16.3. The van der Waals surface area contributed by atoms with Crippen molar-refractivity contribution < 1.29 is 11.3 Å². The van der Waals surface area contributed by atoms with Crippen molar-refractivity contribution >= 4 is 33.6 Å². The average molecular weight is 635 g/mol. The summed E-state index contributed by atoms with van der Waals surface area (Å²) in [5.41, 5.74) is 9.50. The summed E-state index contributed by atoms with van der Waals surface area (Å²) in [6.07, 6.45) is -0.789. The molecule has 8 aromatic rings. The van der Waals surface area contributed by atoms with Gasteiger partial charge in [-0.15, -0.1) is 0 Å². The second-order valence-electron chi connectivity index (χ2n) is 11.9. The van der Waals surface area contributed by atoms with E-state index >= 15 is 0 Å². The molecule has 1 atom stereocenters. The van der Waals surface area contributed by atoms with Crippen LogP contribution in [0.5, 0.6) is 0 Å². The molecule has 9 rings (SSSR count). The van der Waals surface area contributed by atoms with E-state index in [1.165, 1.54) is 0 Å². The van der Waals surface area contributed by atoms with Gasteiger partial charge in [0.05, 0.1) is 6.85 Å². The van der Waals surface area contributed by atoms with Crippen molar-refractivity contribution in [1.29, 1.82) is 0 Å². The quantitative estimate of drug-likeness (QED) is 0.198. The van der Waals surface area contributed by atoms with Crippen LogP contribution in [0.1, 0.15) is 29.7 Å². The van der Waals surface area contributed by atoms with Gasteiger partial charge in [0.15, 0.2) is 6.17 Å². The van der Waals surface area contributed by atoms with Crippen LogP contribution in [0.25, 0.3) is 55.3 Å². The van der Waals surface area contributed by atoms with Crippen LogP contribution in [-0.4, -0.2) is 11.7 Å². The van der Waals surface area contributed by atoms with Crippen molar-refractivity contribution in [2.75, 3.05) is 0 Å². The van der Waals surface area contributed by atoms with Crippen molar-refractivity contribution in [2.45, 2.75) is 6.17 Å². The molecule has 4 nitrogen and oxygen atoms in total. The van der Waals surface area contributed by atoms with E-state index < -0.39 is 24.3 Å². The number of amidine groups is 2. The molecule has 232 valence electrons. The minimum Gasteiger partial charge on any atom is -0.456 e. The van der Waals surface area contributed by atoms with Crippen LogP contribution in [0.3, 0.4) is 0 Å². The second-order valence-corrected chi connectivity index (χ2v) is 11.9. The van der Waals surface area contributed by atoms with E-state index in [9.17, 15) is 0 Å². The van der Waals surface area contributed by atoms with E-state index in [-0.39, 0.29) is 23.5 Å². The second kappa shape index (κ2) is 12.3. The highest BCUT2D eigenvalue weighted by Gasteiger charge is 2.22. The molecule has 0 amide bonds. The van der Waals surface area contributed by atoms with E-state index in [0.29, 0.717) is 11.4 Å². The molecule has 1 aliphatic heterocycles. The Bertz CT molecular complexity index is 2770. The van der Waals surface area contributed by atoms with E-state index in [4.69, 9.17) is 21.3 Å². The van der Waals surface area contributed by atoms with Gasteiger partial charge in [0.1, 0.15) is 22.8 Å². The third-order valence-corrected chi connectivity index (χ3v) is 8.84. The lowest BCUT2D eigenvalue weighted by atomic mass is 9.98. The fraction of sp³-hybridized carbons (Fsp3) is 0.0222. The molecule has 1 aromatic heterocycles. The summed E-state index contributed by atoms with van der Waals surface area (Å²) in [5.74, 6) is 0.612. The van der Waals surface area contributed by atoms with Crippen LogP contribution in [0, 0.1) is 0 Å². The Morgan fingerprint density at radius 3 is 1.67 bits per heavy atom. The Labute approximate surface area is 291 Å². The summed E-state index contributed by atoms with van der Waals surface area (Å²) in [6, 6.07) is 46.8. The fourth-order valence-electron chi connectivity index (χ4n) is 6.34. The van der Waals surface area contributed by atoms with Gasteiger partial charge in [-0.25, -0.2) is 9.98 Å². The third kappa shape index (κ3) is 5.60. The Balaban J connectivity index is 1.15. The Morgan fingerprint density at radius 2 is 0.959 bits per heavy atom. The first-order valence-electron chi connectivity index (χ1n) is 18.6. The summed E-state index contributed by atoms with van der Waals surface area (Å²) in [6.45, 7) is 0. The van der Waals surface area contributed by atoms with Gasteiger partial charge in [-0.1, -0.05) is 145 Å². The Morgan fingerprint density at radius 1 is 0.449 bits per heavy atom. The molecule has 0 radical (unpaired) electrons. The zero-order chi connectivity index (χ0) is 36.9. The van der Waals surface area contributed by atoms with Gasteiger partial charge >= 0.3 is 0 Å². The van der Waals surface area contributed by atoms with E-state index in [1.54, 1.807) is 0 Å². The lowest BCUT2D eigenvalue weighted by Crippen LogP contribution is -2.36. The largest absolute Gasteiger partial charge is 0.456 e. The maximum absolute atomic E-state index is 8.72. The smallest absolute Gasteiger partial charge is 0.169 e. The first-order chi connectivity index (χ1) is 26.3. The van der Waals surface area contributed by atoms with E-state index in [2.05, 4.69) is 53.8 Å². The molecule has 1 aliphatic rings. The van der Waals surface area contributed by atoms with Crippen molar-refractivity contribution in [3.05, 3.63) is 192 Å². The zero-order valence-electron chi connectivity index (χ0n) is 31.2.